The van der Waals surface area contributed by atoms with Crippen LogP contribution in [0.2, 0.25) is 0 Å². The van der Waals surface area contributed by atoms with Crippen molar-refractivity contribution < 1.29 is 0 Å². The molecule has 1 saturated carbocycles. The van der Waals surface area contributed by atoms with Crippen LogP contribution in [0, 0.1) is 5.92 Å². The predicted molar refractivity (Wildman–Crippen MR) is 59.5 cm³/mol. The summed E-state index contributed by atoms with van der Waals surface area (Å²) in [5, 5.41) is 4.32. The van der Waals surface area contributed by atoms with Gasteiger partial charge in [0, 0.05) is 17.8 Å². The Bertz CT molecular complexity index is 470. The molecule has 0 saturated heterocycles. The molecular formula is C12H15N3. The predicted octanol–water partition coefficient (Wildman–Crippen LogP) is 2.13. The van der Waals surface area contributed by atoms with Gasteiger partial charge in [-0.2, -0.15) is 5.10 Å². The second kappa shape index (κ2) is 3.35. The molecule has 3 nitrogen and oxygen atoms in total. The van der Waals surface area contributed by atoms with E-state index in [0.29, 0.717) is 5.92 Å². The van der Waals surface area contributed by atoms with Crippen molar-refractivity contribution in [3.8, 4) is 0 Å². The number of hydrogen-bond acceptors (Lipinski definition) is 2. The van der Waals surface area contributed by atoms with E-state index in [1.807, 2.05) is 29.0 Å². The zero-order chi connectivity index (χ0) is 10.3. The normalized spacial score (nSPS) is 19.0. The fourth-order valence-corrected chi connectivity index (χ4v) is 2.26. The maximum Gasteiger partial charge on any atom is 0.0709 e. The van der Waals surface area contributed by atoms with Gasteiger partial charge in [0.05, 0.1) is 11.7 Å². The molecule has 3 heteroatoms. The minimum absolute atomic E-state index is 0.165. The van der Waals surface area contributed by atoms with Crippen LogP contribution in [-0.4, -0.2) is 9.61 Å². The zero-order valence-corrected chi connectivity index (χ0v) is 8.63. The third-order valence-electron chi connectivity index (χ3n) is 3.47. The highest BCUT2D eigenvalue weighted by Crippen LogP contribution is 2.37. The summed E-state index contributed by atoms with van der Waals surface area (Å²) in [5.74, 6) is 0.665. The number of rotatable bonds is 2. The monoisotopic (exact) mass is 201 g/mol. The van der Waals surface area contributed by atoms with Gasteiger partial charge in [-0.25, -0.2) is 4.52 Å². The second-order valence-electron chi connectivity index (χ2n) is 4.35. The van der Waals surface area contributed by atoms with E-state index in [2.05, 4.69) is 11.2 Å². The smallest absolute Gasteiger partial charge is 0.0709 e. The molecule has 1 fully saturated rings. The molecule has 15 heavy (non-hydrogen) atoms. The highest BCUT2D eigenvalue weighted by molar-refractivity contribution is 5.54. The Balaban J connectivity index is 2.02. The van der Waals surface area contributed by atoms with E-state index in [0.717, 1.165) is 5.52 Å². The second-order valence-corrected chi connectivity index (χ2v) is 4.35. The minimum atomic E-state index is 0.165. The van der Waals surface area contributed by atoms with Gasteiger partial charge in [0.15, 0.2) is 0 Å². The van der Waals surface area contributed by atoms with Crippen molar-refractivity contribution in [2.75, 3.05) is 0 Å². The van der Waals surface area contributed by atoms with Crippen LogP contribution in [0.1, 0.15) is 30.9 Å². The average molecular weight is 201 g/mol. The maximum atomic E-state index is 6.26. The molecule has 2 aromatic rings. The van der Waals surface area contributed by atoms with E-state index < -0.39 is 0 Å². The van der Waals surface area contributed by atoms with Crippen molar-refractivity contribution >= 4 is 5.52 Å². The topological polar surface area (TPSA) is 43.3 Å². The SMILES string of the molecule is NC(c1cnn2ccccc12)C1CCC1. The number of nitrogens with zero attached hydrogens (tertiary/aromatic N) is 2. The van der Waals surface area contributed by atoms with E-state index in [1.54, 1.807) is 0 Å². The van der Waals surface area contributed by atoms with Crippen molar-refractivity contribution in [1.29, 1.82) is 0 Å². The van der Waals surface area contributed by atoms with Gasteiger partial charge < -0.3 is 5.73 Å². The number of nitrogens with two attached hydrogens (primary N) is 1. The largest absolute Gasteiger partial charge is 0.324 e. The summed E-state index contributed by atoms with van der Waals surface area (Å²) in [4.78, 5) is 0. The first-order valence-electron chi connectivity index (χ1n) is 5.54. The van der Waals surface area contributed by atoms with Crippen molar-refractivity contribution in [2.24, 2.45) is 11.7 Å². The molecule has 3 rings (SSSR count). The molecule has 2 N–H and O–H groups in total. The summed E-state index contributed by atoms with van der Waals surface area (Å²) in [6.45, 7) is 0. The van der Waals surface area contributed by atoms with Crippen LogP contribution in [0.25, 0.3) is 5.52 Å². The molecule has 1 aliphatic rings. The maximum absolute atomic E-state index is 6.26. The standard InChI is InChI=1S/C12H15N3/c13-12(9-4-3-5-9)10-8-14-15-7-2-1-6-11(10)15/h1-2,6-9,12H,3-5,13H2. The molecule has 78 valence electrons. The van der Waals surface area contributed by atoms with Crippen LogP contribution < -0.4 is 5.73 Å². The Kier molecular flexibility index (Phi) is 1.99. The van der Waals surface area contributed by atoms with Gasteiger partial charge in [0.2, 0.25) is 0 Å². The molecule has 0 amide bonds. The number of aromatic nitrogens is 2. The van der Waals surface area contributed by atoms with Gasteiger partial charge in [-0.15, -0.1) is 0 Å². The summed E-state index contributed by atoms with van der Waals surface area (Å²) in [7, 11) is 0. The lowest BCUT2D eigenvalue weighted by Crippen LogP contribution is -2.26. The van der Waals surface area contributed by atoms with Crippen molar-refractivity contribution in [2.45, 2.75) is 25.3 Å². The van der Waals surface area contributed by atoms with Crippen LogP contribution in [-0.2, 0) is 0 Å². The van der Waals surface area contributed by atoms with Gasteiger partial charge in [0.1, 0.15) is 0 Å². The van der Waals surface area contributed by atoms with E-state index >= 15 is 0 Å². The van der Waals surface area contributed by atoms with E-state index in [9.17, 15) is 0 Å². The Labute approximate surface area is 88.9 Å². The molecule has 2 heterocycles. The Hall–Kier alpha value is -1.35. The highest BCUT2D eigenvalue weighted by atomic mass is 15.2. The van der Waals surface area contributed by atoms with Gasteiger partial charge in [-0.3, -0.25) is 0 Å². The minimum Gasteiger partial charge on any atom is -0.324 e. The Morgan fingerprint density at radius 1 is 1.40 bits per heavy atom. The van der Waals surface area contributed by atoms with E-state index in [-0.39, 0.29) is 6.04 Å². The van der Waals surface area contributed by atoms with Crippen molar-refractivity contribution in [1.82, 2.24) is 9.61 Å². The molecule has 0 spiro atoms. The molecular weight excluding hydrogens is 186 g/mol. The number of hydrogen-bond donors (Lipinski definition) is 1. The number of pyridine rings is 1. The Morgan fingerprint density at radius 2 is 2.27 bits per heavy atom. The van der Waals surface area contributed by atoms with E-state index in [1.165, 1.54) is 24.8 Å². The Morgan fingerprint density at radius 3 is 3.00 bits per heavy atom. The molecule has 0 aliphatic heterocycles. The van der Waals surface area contributed by atoms with Gasteiger partial charge in [0.25, 0.3) is 0 Å². The fraction of sp³-hybridized carbons (Fsp3) is 0.417. The van der Waals surface area contributed by atoms with Crippen LogP contribution in [0.5, 0.6) is 0 Å². The summed E-state index contributed by atoms with van der Waals surface area (Å²) in [6.07, 6.45) is 7.75. The first kappa shape index (κ1) is 8.92. The first-order chi connectivity index (χ1) is 7.36. The molecule has 0 radical (unpaired) electrons. The van der Waals surface area contributed by atoms with Crippen LogP contribution in [0.15, 0.2) is 30.6 Å². The molecule has 1 aliphatic carbocycles. The first-order valence-corrected chi connectivity index (χ1v) is 5.54. The zero-order valence-electron chi connectivity index (χ0n) is 8.63. The lowest BCUT2D eigenvalue weighted by molar-refractivity contribution is 0.265. The molecule has 1 atom stereocenters. The lowest BCUT2D eigenvalue weighted by Gasteiger charge is -2.30. The highest BCUT2D eigenvalue weighted by Gasteiger charge is 2.27. The molecule has 2 aromatic heterocycles. The van der Waals surface area contributed by atoms with Crippen molar-refractivity contribution in [3.63, 3.8) is 0 Å². The van der Waals surface area contributed by atoms with Crippen molar-refractivity contribution in [3.05, 3.63) is 36.2 Å². The van der Waals surface area contributed by atoms with Crippen LogP contribution >= 0.6 is 0 Å². The average Bonchev–Trinajstić information content (AvgIpc) is 2.58. The lowest BCUT2D eigenvalue weighted by atomic mass is 9.78. The molecule has 0 aromatic carbocycles. The van der Waals surface area contributed by atoms with Crippen LogP contribution in [0.4, 0.5) is 0 Å². The summed E-state index contributed by atoms with van der Waals surface area (Å²) < 4.78 is 1.90. The number of fused-ring (bicyclic) bond motifs is 1. The molecule has 1 unspecified atom stereocenters. The van der Waals surface area contributed by atoms with Gasteiger partial charge >= 0.3 is 0 Å². The fourth-order valence-electron chi connectivity index (χ4n) is 2.26. The summed E-state index contributed by atoms with van der Waals surface area (Å²) >= 11 is 0. The summed E-state index contributed by atoms with van der Waals surface area (Å²) in [6, 6.07) is 6.27. The summed E-state index contributed by atoms with van der Waals surface area (Å²) in [5.41, 5.74) is 8.60. The third kappa shape index (κ3) is 1.35. The van der Waals surface area contributed by atoms with E-state index in [4.69, 9.17) is 5.73 Å². The van der Waals surface area contributed by atoms with Gasteiger partial charge in [-0.05, 0) is 30.9 Å². The third-order valence-corrected chi connectivity index (χ3v) is 3.47. The van der Waals surface area contributed by atoms with Crippen LogP contribution in [0.3, 0.4) is 0 Å². The quantitative estimate of drug-likeness (QED) is 0.808. The van der Waals surface area contributed by atoms with Gasteiger partial charge in [-0.1, -0.05) is 12.5 Å². The molecule has 0 bridgehead atoms.